The van der Waals surface area contributed by atoms with E-state index in [1.54, 1.807) is 6.26 Å². The molecule has 1 heterocycles. The van der Waals surface area contributed by atoms with E-state index in [-0.39, 0.29) is 0 Å². The average molecular weight is 206 g/mol. The van der Waals surface area contributed by atoms with Crippen LogP contribution in [0, 0.1) is 0 Å². The van der Waals surface area contributed by atoms with Crippen LogP contribution in [0.4, 0.5) is 0 Å². The van der Waals surface area contributed by atoms with Crippen molar-refractivity contribution < 1.29 is 9.52 Å². The summed E-state index contributed by atoms with van der Waals surface area (Å²) in [7, 11) is 0. The van der Waals surface area contributed by atoms with Crippen LogP contribution in [0.2, 0.25) is 0 Å². The molecule has 0 amide bonds. The normalized spacial score (nSPS) is 18.7. The fourth-order valence-corrected chi connectivity index (χ4v) is 2.19. The molecule has 0 bridgehead atoms. The number of allylic oxidation sites excluding steroid dienone is 1. The molecule has 0 saturated carbocycles. The molecular weight excluding hydrogens is 188 g/mol. The van der Waals surface area contributed by atoms with Gasteiger partial charge < -0.3 is 9.52 Å². The molecule has 1 aromatic rings. The minimum Gasteiger partial charge on any atom is -0.469 e. The highest BCUT2D eigenvalue weighted by Gasteiger charge is 2.19. The number of aliphatic hydroxyl groups excluding tert-OH is 1. The lowest BCUT2D eigenvalue weighted by molar-refractivity contribution is 0.205. The second-order valence-corrected chi connectivity index (χ2v) is 4.08. The highest BCUT2D eigenvalue weighted by Crippen LogP contribution is 2.31. The van der Waals surface area contributed by atoms with Gasteiger partial charge in [-0.2, -0.15) is 0 Å². The molecule has 1 atom stereocenters. The first kappa shape index (κ1) is 10.5. The molecule has 2 heteroatoms. The van der Waals surface area contributed by atoms with E-state index in [2.05, 4.69) is 6.08 Å². The molecule has 0 saturated heterocycles. The summed E-state index contributed by atoms with van der Waals surface area (Å²) < 4.78 is 5.34. The summed E-state index contributed by atoms with van der Waals surface area (Å²) in [5.74, 6) is 0.911. The van der Waals surface area contributed by atoms with Crippen LogP contribution >= 0.6 is 0 Å². The zero-order valence-electron chi connectivity index (χ0n) is 9.20. The third-order valence-corrected chi connectivity index (χ3v) is 3.07. The van der Waals surface area contributed by atoms with Crippen LogP contribution in [-0.2, 0) is 6.42 Å². The summed E-state index contributed by atoms with van der Waals surface area (Å²) in [5.41, 5.74) is 2.11. The first-order valence-electron chi connectivity index (χ1n) is 5.76. The first-order chi connectivity index (χ1) is 7.33. The topological polar surface area (TPSA) is 33.4 Å². The van der Waals surface area contributed by atoms with E-state index in [1.165, 1.54) is 12.8 Å². The summed E-state index contributed by atoms with van der Waals surface area (Å²) in [4.78, 5) is 0. The van der Waals surface area contributed by atoms with Crippen molar-refractivity contribution in [2.24, 2.45) is 0 Å². The molecule has 0 fully saturated rings. The average Bonchev–Trinajstić information content (AvgIpc) is 2.77. The second kappa shape index (κ2) is 4.67. The van der Waals surface area contributed by atoms with Crippen molar-refractivity contribution in [1.29, 1.82) is 0 Å². The largest absolute Gasteiger partial charge is 0.469 e. The molecule has 0 radical (unpaired) electrons. The van der Waals surface area contributed by atoms with Gasteiger partial charge in [-0.25, -0.2) is 0 Å². The van der Waals surface area contributed by atoms with E-state index in [4.69, 9.17) is 4.42 Å². The summed E-state index contributed by atoms with van der Waals surface area (Å²) in [6.45, 7) is 2.05. The fraction of sp³-hybridized carbons (Fsp3) is 0.538. The maximum atomic E-state index is 10.2. The van der Waals surface area contributed by atoms with Crippen molar-refractivity contribution >= 4 is 0 Å². The van der Waals surface area contributed by atoms with Crippen LogP contribution in [0.15, 0.2) is 28.4 Å². The van der Waals surface area contributed by atoms with Crippen LogP contribution in [0.25, 0.3) is 0 Å². The van der Waals surface area contributed by atoms with Gasteiger partial charge in [-0.15, -0.1) is 0 Å². The van der Waals surface area contributed by atoms with Crippen molar-refractivity contribution in [3.63, 3.8) is 0 Å². The maximum Gasteiger partial charge on any atom is 0.109 e. The third-order valence-electron chi connectivity index (χ3n) is 3.07. The van der Waals surface area contributed by atoms with Gasteiger partial charge in [-0.1, -0.05) is 13.0 Å². The maximum absolute atomic E-state index is 10.2. The van der Waals surface area contributed by atoms with Crippen LogP contribution in [0.1, 0.15) is 50.0 Å². The van der Waals surface area contributed by atoms with Crippen molar-refractivity contribution in [2.45, 2.75) is 45.1 Å². The Labute approximate surface area is 90.6 Å². The summed E-state index contributed by atoms with van der Waals surface area (Å²) in [6.07, 6.45) is 8.82. The van der Waals surface area contributed by atoms with Gasteiger partial charge in [-0.05, 0) is 37.3 Å². The summed E-state index contributed by atoms with van der Waals surface area (Å²) >= 11 is 0. The van der Waals surface area contributed by atoms with Gasteiger partial charge in [-0.3, -0.25) is 0 Å². The predicted molar refractivity (Wildman–Crippen MR) is 59.6 cm³/mol. The fourth-order valence-electron chi connectivity index (χ4n) is 2.19. The minimum atomic E-state index is -0.445. The minimum absolute atomic E-state index is 0.445. The van der Waals surface area contributed by atoms with Gasteiger partial charge in [0.15, 0.2) is 0 Å². The Kier molecular flexibility index (Phi) is 3.27. The van der Waals surface area contributed by atoms with Crippen molar-refractivity contribution in [3.8, 4) is 0 Å². The molecule has 0 aliphatic heterocycles. The number of furan rings is 1. The van der Waals surface area contributed by atoms with E-state index in [0.717, 1.165) is 36.2 Å². The lowest BCUT2D eigenvalue weighted by atomic mass is 9.91. The molecule has 15 heavy (non-hydrogen) atoms. The number of aryl methyl sites for hydroxylation is 1. The van der Waals surface area contributed by atoms with E-state index in [9.17, 15) is 5.11 Å². The van der Waals surface area contributed by atoms with E-state index in [0.29, 0.717) is 0 Å². The smallest absolute Gasteiger partial charge is 0.109 e. The van der Waals surface area contributed by atoms with Crippen LogP contribution < -0.4 is 0 Å². The number of hydrogen-bond donors (Lipinski definition) is 1. The highest BCUT2D eigenvalue weighted by atomic mass is 16.3. The Morgan fingerprint density at radius 1 is 1.47 bits per heavy atom. The molecule has 2 rings (SSSR count). The van der Waals surface area contributed by atoms with E-state index in [1.807, 2.05) is 13.0 Å². The van der Waals surface area contributed by atoms with Crippen LogP contribution in [0.3, 0.4) is 0 Å². The Balaban J connectivity index is 2.19. The Hall–Kier alpha value is -1.02. The quantitative estimate of drug-likeness (QED) is 0.769. The monoisotopic (exact) mass is 206 g/mol. The number of rotatable bonds is 3. The Morgan fingerprint density at radius 3 is 3.00 bits per heavy atom. The zero-order chi connectivity index (χ0) is 10.7. The molecule has 1 aliphatic carbocycles. The molecule has 0 spiro atoms. The standard InChI is InChI=1S/C13H18O2/c1-2-12-11(8-9-15-12)13(14)10-6-4-3-5-7-10/h6,8-9,13-14H,2-5,7H2,1H3. The molecule has 1 N–H and O–H groups in total. The lowest BCUT2D eigenvalue weighted by Crippen LogP contribution is -2.05. The zero-order valence-corrected chi connectivity index (χ0v) is 9.20. The molecule has 1 aliphatic rings. The van der Waals surface area contributed by atoms with Crippen LogP contribution in [0.5, 0.6) is 0 Å². The summed E-state index contributed by atoms with van der Waals surface area (Å²) in [6, 6.07) is 1.89. The molecule has 1 unspecified atom stereocenters. The van der Waals surface area contributed by atoms with Gasteiger partial charge in [0.05, 0.1) is 6.26 Å². The van der Waals surface area contributed by atoms with Crippen molar-refractivity contribution in [2.75, 3.05) is 0 Å². The molecular formula is C13H18O2. The van der Waals surface area contributed by atoms with Gasteiger partial charge in [0.25, 0.3) is 0 Å². The molecule has 0 aromatic carbocycles. The molecule has 82 valence electrons. The Bertz CT molecular complexity index is 349. The second-order valence-electron chi connectivity index (χ2n) is 4.08. The highest BCUT2D eigenvalue weighted by molar-refractivity contribution is 5.28. The van der Waals surface area contributed by atoms with Gasteiger partial charge in [0.1, 0.15) is 11.9 Å². The Morgan fingerprint density at radius 2 is 2.33 bits per heavy atom. The predicted octanol–water partition coefficient (Wildman–Crippen LogP) is 3.38. The molecule has 1 aromatic heterocycles. The number of aliphatic hydroxyl groups is 1. The summed E-state index contributed by atoms with van der Waals surface area (Å²) in [5, 5.41) is 10.2. The van der Waals surface area contributed by atoms with E-state index >= 15 is 0 Å². The number of hydrogen-bond acceptors (Lipinski definition) is 2. The van der Waals surface area contributed by atoms with Crippen molar-refractivity contribution in [3.05, 3.63) is 35.3 Å². The third kappa shape index (κ3) is 2.15. The SMILES string of the molecule is CCc1occc1C(O)C1=CCCCC1. The first-order valence-corrected chi connectivity index (χ1v) is 5.76. The van der Waals surface area contributed by atoms with Crippen molar-refractivity contribution in [1.82, 2.24) is 0 Å². The van der Waals surface area contributed by atoms with E-state index < -0.39 is 6.10 Å². The van der Waals surface area contributed by atoms with Gasteiger partial charge in [0, 0.05) is 12.0 Å². The lowest BCUT2D eigenvalue weighted by Gasteiger charge is -2.18. The van der Waals surface area contributed by atoms with Gasteiger partial charge in [0.2, 0.25) is 0 Å². The van der Waals surface area contributed by atoms with Crippen LogP contribution in [-0.4, -0.2) is 5.11 Å². The van der Waals surface area contributed by atoms with Gasteiger partial charge >= 0.3 is 0 Å². The molecule has 2 nitrogen and oxygen atoms in total.